The Kier molecular flexibility index (Phi) is 4.26. The lowest BCUT2D eigenvalue weighted by Crippen LogP contribution is -2.59. The van der Waals surface area contributed by atoms with Gasteiger partial charge in [0.2, 0.25) is 0 Å². The van der Waals surface area contributed by atoms with Gasteiger partial charge in [-0.2, -0.15) is 0 Å². The number of carbonyl (C=O) groups excluding carboxylic acids is 1. The fourth-order valence-corrected chi connectivity index (χ4v) is 5.32. The number of nitrogens with zero attached hydrogens (tertiary/aromatic N) is 3. The van der Waals surface area contributed by atoms with Crippen LogP contribution in [-0.2, 0) is 9.59 Å². The number of para-hydroxylation sites is 2. The van der Waals surface area contributed by atoms with Crippen LogP contribution in [0.25, 0.3) is 44.0 Å². The van der Waals surface area contributed by atoms with Crippen molar-refractivity contribution in [1.29, 1.82) is 0 Å². The molecule has 3 aromatic heterocycles. The molecule has 0 saturated heterocycles. The summed E-state index contributed by atoms with van der Waals surface area (Å²) >= 11 is 0. The highest BCUT2D eigenvalue weighted by Gasteiger charge is 2.44. The Hall–Kier alpha value is -5.58. The Morgan fingerprint density at radius 2 is 1.55 bits per heavy atom. The van der Waals surface area contributed by atoms with Crippen LogP contribution in [0.1, 0.15) is 16.1 Å². The molecule has 38 heavy (non-hydrogen) atoms. The van der Waals surface area contributed by atoms with Gasteiger partial charge in [0.05, 0.1) is 16.4 Å². The first kappa shape index (κ1) is 21.7. The molecule has 4 N–H and O–H groups in total. The molecule has 1 atom stereocenters. The average Bonchev–Trinajstić information content (AvgIpc) is 2.99. The Bertz CT molecular complexity index is 2130. The van der Waals surface area contributed by atoms with Crippen LogP contribution in [0.2, 0.25) is 0 Å². The third-order valence-electron chi connectivity index (χ3n) is 6.86. The summed E-state index contributed by atoms with van der Waals surface area (Å²) in [5, 5.41) is 23.0. The molecule has 11 heteroatoms. The predicted octanol–water partition coefficient (Wildman–Crippen LogP) is 0.444. The molecule has 5 aromatic rings. The lowest BCUT2D eigenvalue weighted by atomic mass is 9.91. The van der Waals surface area contributed by atoms with Crippen LogP contribution in [0, 0.1) is 0 Å². The number of rotatable bonds is 2. The number of nitrogens with one attached hydrogen (secondary N) is 2. The molecule has 1 unspecified atom stereocenters. The Morgan fingerprint density at radius 3 is 2.24 bits per heavy atom. The number of benzene rings is 2. The van der Waals surface area contributed by atoms with Crippen LogP contribution in [0.15, 0.2) is 65.5 Å². The van der Waals surface area contributed by atoms with Crippen molar-refractivity contribution < 1.29 is 24.6 Å². The maximum Gasteiger partial charge on any atom is 0.354 e. The molecule has 11 nitrogen and oxygen atoms in total. The molecular formula is C27H15N5O6. The number of carboxylic acid groups (broad SMARTS) is 2. The minimum absolute atomic E-state index is 0.0169. The molecule has 184 valence electrons. The third kappa shape index (κ3) is 2.83. The Labute approximate surface area is 211 Å². The van der Waals surface area contributed by atoms with Crippen LogP contribution in [-0.4, -0.2) is 54.1 Å². The summed E-state index contributed by atoms with van der Waals surface area (Å²) in [4.78, 5) is 63.7. The molecule has 0 fully saturated rings. The lowest BCUT2D eigenvalue weighted by Gasteiger charge is -2.33. The summed E-state index contributed by atoms with van der Waals surface area (Å²) in [6.45, 7) is 0. The van der Waals surface area contributed by atoms with E-state index >= 15 is 0 Å². The van der Waals surface area contributed by atoms with Gasteiger partial charge >= 0.3 is 11.9 Å². The summed E-state index contributed by atoms with van der Waals surface area (Å²) in [5.41, 5.74) is 2.43. The van der Waals surface area contributed by atoms with Crippen molar-refractivity contribution in [2.45, 2.75) is 6.04 Å². The molecular weight excluding hydrogens is 490 g/mol. The van der Waals surface area contributed by atoms with Crippen LogP contribution in [0.4, 0.5) is 0 Å². The number of amides is 1. The number of hydrogen-bond donors (Lipinski definition) is 4. The van der Waals surface area contributed by atoms with Crippen LogP contribution in [0.5, 0.6) is 0 Å². The highest BCUT2D eigenvalue weighted by atomic mass is 16.4. The van der Waals surface area contributed by atoms with Crippen molar-refractivity contribution in [3.8, 4) is 0 Å². The zero-order valence-electron chi connectivity index (χ0n) is 19.2. The Balaban J connectivity index is 1.79. The lowest BCUT2D eigenvalue weighted by molar-refractivity contribution is -0.141. The van der Waals surface area contributed by atoms with Gasteiger partial charge in [0.15, 0.2) is 11.7 Å². The monoisotopic (exact) mass is 505 g/mol. The molecule has 1 amide bonds. The van der Waals surface area contributed by atoms with E-state index in [0.717, 1.165) is 5.01 Å². The van der Waals surface area contributed by atoms with Crippen molar-refractivity contribution in [3.05, 3.63) is 92.8 Å². The fourth-order valence-electron chi connectivity index (χ4n) is 5.32. The molecule has 2 aromatic carbocycles. The minimum atomic E-state index is -1.66. The standard InChI is InChI=1S/C27H15N5O6/c33-24-19-13(9-11-5-1-3-7-15(11)28-19)17-21(30-24)18-14-10-12-6-2-4-8-16(12)29-20(14)25(34)31-32(22(17)26(35)36)23(18)27(37)38/h1-10,23H,(H,30,33)(H,31,34)(H,35,36)(H,37,38). The van der Waals surface area contributed by atoms with E-state index in [-0.39, 0.29) is 38.3 Å². The first-order chi connectivity index (χ1) is 18.3. The number of H-pyrrole nitrogens is 1. The summed E-state index contributed by atoms with van der Waals surface area (Å²) in [6, 6.07) is 15.6. The maximum atomic E-state index is 13.4. The second kappa shape index (κ2) is 7.46. The van der Waals surface area contributed by atoms with E-state index in [4.69, 9.17) is 0 Å². The molecule has 0 saturated carbocycles. The van der Waals surface area contributed by atoms with E-state index in [2.05, 4.69) is 20.4 Å². The highest BCUT2D eigenvalue weighted by molar-refractivity contribution is 6.15. The number of aromatic amines is 1. The van der Waals surface area contributed by atoms with E-state index in [1.807, 2.05) is 0 Å². The molecule has 0 radical (unpaired) electrons. The van der Waals surface area contributed by atoms with Gasteiger partial charge in [-0.1, -0.05) is 36.4 Å². The minimum Gasteiger partial charge on any atom is -0.479 e. The van der Waals surface area contributed by atoms with E-state index in [9.17, 15) is 29.4 Å². The zero-order chi connectivity index (χ0) is 26.3. The highest BCUT2D eigenvalue weighted by Crippen LogP contribution is 2.32. The predicted molar refractivity (Wildman–Crippen MR) is 135 cm³/mol. The first-order valence-corrected chi connectivity index (χ1v) is 11.5. The van der Waals surface area contributed by atoms with Gasteiger partial charge in [0.25, 0.3) is 11.5 Å². The molecule has 2 bridgehead atoms. The van der Waals surface area contributed by atoms with Gasteiger partial charge in [-0.25, -0.2) is 19.6 Å². The van der Waals surface area contributed by atoms with E-state index < -0.39 is 35.1 Å². The smallest absolute Gasteiger partial charge is 0.354 e. The molecule has 7 rings (SSSR count). The van der Waals surface area contributed by atoms with Gasteiger partial charge in [0.1, 0.15) is 11.2 Å². The van der Waals surface area contributed by atoms with Crippen molar-refractivity contribution in [2.24, 2.45) is 0 Å². The van der Waals surface area contributed by atoms with Gasteiger partial charge < -0.3 is 15.2 Å². The molecule has 5 heterocycles. The molecule has 2 aliphatic rings. The van der Waals surface area contributed by atoms with E-state index in [1.54, 1.807) is 60.7 Å². The van der Waals surface area contributed by atoms with Crippen LogP contribution in [0.3, 0.4) is 0 Å². The fraction of sp³-hybridized carbons (Fsp3) is 0.0370. The number of carbonyl (C=O) groups is 3. The van der Waals surface area contributed by atoms with Gasteiger partial charge in [-0.05, 0) is 24.3 Å². The van der Waals surface area contributed by atoms with Crippen molar-refractivity contribution in [3.63, 3.8) is 0 Å². The van der Waals surface area contributed by atoms with Crippen molar-refractivity contribution in [2.75, 3.05) is 0 Å². The second-order valence-corrected chi connectivity index (χ2v) is 8.98. The van der Waals surface area contributed by atoms with Crippen LogP contribution < -0.4 is 21.6 Å². The number of pyridine rings is 3. The summed E-state index contributed by atoms with van der Waals surface area (Å²) in [5.74, 6) is -3.71. The van der Waals surface area contributed by atoms with Crippen molar-refractivity contribution in [1.82, 2.24) is 25.4 Å². The van der Waals surface area contributed by atoms with Gasteiger partial charge in [0, 0.05) is 32.5 Å². The number of fused-ring (bicyclic) bond motifs is 9. The molecule has 0 spiro atoms. The molecule has 2 aliphatic heterocycles. The number of hydrazine groups is 1. The normalized spacial score (nSPS) is 16.3. The Morgan fingerprint density at radius 1 is 0.895 bits per heavy atom. The number of aliphatic carboxylic acids is 2. The van der Waals surface area contributed by atoms with Gasteiger partial charge in [-0.3, -0.25) is 20.0 Å². The largest absolute Gasteiger partial charge is 0.479 e. The maximum absolute atomic E-state index is 13.4. The number of aromatic nitrogens is 3. The first-order valence-electron chi connectivity index (χ1n) is 11.5. The van der Waals surface area contributed by atoms with E-state index in [1.165, 1.54) is 0 Å². The zero-order valence-corrected chi connectivity index (χ0v) is 19.2. The second-order valence-electron chi connectivity index (χ2n) is 8.98. The summed E-state index contributed by atoms with van der Waals surface area (Å²) < 4.78 is 0. The summed E-state index contributed by atoms with van der Waals surface area (Å²) in [7, 11) is 0. The van der Waals surface area contributed by atoms with Crippen LogP contribution >= 0.6 is 0 Å². The topological polar surface area (TPSA) is 166 Å². The number of carboxylic acids is 2. The van der Waals surface area contributed by atoms with Gasteiger partial charge in [-0.15, -0.1) is 0 Å². The average molecular weight is 505 g/mol. The quantitative estimate of drug-likeness (QED) is 0.249. The van der Waals surface area contributed by atoms with Crippen molar-refractivity contribution >= 4 is 61.8 Å². The summed E-state index contributed by atoms with van der Waals surface area (Å²) in [6.07, 6.45) is 0. The SMILES string of the molecule is O=C(O)C1=c2c([nH]c(=O)c3nc4ccccc4cc23)=C2c3cc4ccccc4nc3C(=O)NN1C2C(=O)O. The third-order valence-corrected chi connectivity index (χ3v) is 6.86. The molecule has 0 aliphatic carbocycles. The van der Waals surface area contributed by atoms with E-state index in [0.29, 0.717) is 21.8 Å². The number of hydrogen-bond acceptors (Lipinski definition) is 7.